The Morgan fingerprint density at radius 2 is 1.74 bits per heavy atom. The third-order valence-electron chi connectivity index (χ3n) is 2.87. The van der Waals surface area contributed by atoms with Crippen molar-refractivity contribution < 1.29 is 18.0 Å². The summed E-state index contributed by atoms with van der Waals surface area (Å²) >= 11 is 11.8. The zero-order valence-corrected chi connectivity index (χ0v) is 12.8. The molecule has 23 heavy (non-hydrogen) atoms. The number of pyridine rings is 1. The van der Waals surface area contributed by atoms with E-state index in [1.165, 1.54) is 12.1 Å². The van der Waals surface area contributed by atoms with Gasteiger partial charge in [-0.3, -0.25) is 9.59 Å². The summed E-state index contributed by atoms with van der Waals surface area (Å²) in [5.74, 6) is -0.735. The van der Waals surface area contributed by atoms with Gasteiger partial charge >= 0.3 is 6.18 Å². The molecule has 0 aliphatic carbocycles. The first-order valence-corrected chi connectivity index (χ1v) is 6.96. The van der Waals surface area contributed by atoms with E-state index >= 15 is 0 Å². The number of carbonyl (C=O) groups is 1. The summed E-state index contributed by atoms with van der Waals surface area (Å²) in [5.41, 5.74) is -2.52. The fourth-order valence-electron chi connectivity index (χ4n) is 1.83. The SMILES string of the molecule is O=C(Cn1cccc(C(F)(F)F)c1=O)Nc1c(Cl)cccc1Cl. The lowest BCUT2D eigenvalue weighted by molar-refractivity contribution is -0.139. The van der Waals surface area contributed by atoms with Gasteiger partial charge in [-0.2, -0.15) is 13.2 Å². The van der Waals surface area contributed by atoms with Crippen molar-refractivity contribution in [1.82, 2.24) is 4.57 Å². The Balaban J connectivity index is 2.24. The fourth-order valence-corrected chi connectivity index (χ4v) is 2.32. The molecule has 1 heterocycles. The first kappa shape index (κ1) is 17.4. The molecule has 0 atom stereocenters. The van der Waals surface area contributed by atoms with Crippen molar-refractivity contribution in [3.05, 3.63) is 62.5 Å². The molecule has 1 N–H and O–H groups in total. The minimum atomic E-state index is -4.79. The zero-order valence-electron chi connectivity index (χ0n) is 11.3. The molecule has 0 aliphatic rings. The lowest BCUT2D eigenvalue weighted by Gasteiger charge is -2.12. The van der Waals surface area contributed by atoms with Gasteiger partial charge in [0.25, 0.3) is 5.56 Å². The molecule has 0 radical (unpaired) electrons. The first-order chi connectivity index (χ1) is 10.7. The van der Waals surface area contributed by atoms with Crippen LogP contribution in [0.4, 0.5) is 18.9 Å². The van der Waals surface area contributed by atoms with Crippen molar-refractivity contribution in [2.75, 3.05) is 5.32 Å². The van der Waals surface area contributed by atoms with Gasteiger partial charge in [-0.25, -0.2) is 0 Å². The second-order valence-electron chi connectivity index (χ2n) is 4.50. The van der Waals surface area contributed by atoms with E-state index in [2.05, 4.69) is 5.32 Å². The average molecular weight is 365 g/mol. The zero-order chi connectivity index (χ0) is 17.2. The predicted molar refractivity (Wildman–Crippen MR) is 80.8 cm³/mol. The molecule has 4 nitrogen and oxygen atoms in total. The number of benzene rings is 1. The molecule has 0 unspecified atom stereocenters. The summed E-state index contributed by atoms with van der Waals surface area (Å²) in [5, 5.41) is 2.71. The number of rotatable bonds is 3. The molecule has 0 saturated carbocycles. The molecule has 122 valence electrons. The van der Waals surface area contributed by atoms with Crippen LogP contribution in [0, 0.1) is 0 Å². The Morgan fingerprint density at radius 3 is 2.30 bits per heavy atom. The van der Waals surface area contributed by atoms with Crippen LogP contribution < -0.4 is 10.9 Å². The minimum absolute atomic E-state index is 0.126. The summed E-state index contributed by atoms with van der Waals surface area (Å²) in [6.07, 6.45) is -3.70. The van der Waals surface area contributed by atoms with Crippen molar-refractivity contribution >= 4 is 34.8 Å². The first-order valence-electron chi connectivity index (χ1n) is 6.20. The molecule has 0 saturated heterocycles. The standard InChI is InChI=1S/C14H9Cl2F3N2O2/c15-9-4-1-5-10(16)12(9)20-11(22)7-21-6-2-3-8(13(21)23)14(17,18)19/h1-6H,7H2,(H,20,22). The molecular weight excluding hydrogens is 356 g/mol. The van der Waals surface area contributed by atoms with Gasteiger partial charge in [0.15, 0.2) is 0 Å². The fraction of sp³-hybridized carbons (Fsp3) is 0.143. The number of hydrogen-bond acceptors (Lipinski definition) is 2. The summed E-state index contributed by atoms with van der Waals surface area (Å²) in [4.78, 5) is 23.7. The highest BCUT2D eigenvalue weighted by molar-refractivity contribution is 6.39. The quantitative estimate of drug-likeness (QED) is 0.899. The maximum absolute atomic E-state index is 12.7. The van der Waals surface area contributed by atoms with E-state index in [0.29, 0.717) is 10.6 Å². The summed E-state index contributed by atoms with van der Waals surface area (Å²) in [6, 6.07) is 6.23. The average Bonchev–Trinajstić information content (AvgIpc) is 2.44. The monoisotopic (exact) mass is 364 g/mol. The van der Waals surface area contributed by atoms with Crippen molar-refractivity contribution in [1.29, 1.82) is 0 Å². The van der Waals surface area contributed by atoms with Crippen molar-refractivity contribution in [2.45, 2.75) is 12.7 Å². The number of nitrogens with one attached hydrogen (secondary N) is 1. The number of para-hydroxylation sites is 1. The smallest absolute Gasteiger partial charge is 0.322 e. The lowest BCUT2D eigenvalue weighted by Crippen LogP contribution is -2.32. The van der Waals surface area contributed by atoms with Crippen LogP contribution in [-0.2, 0) is 17.5 Å². The highest BCUT2D eigenvalue weighted by Crippen LogP contribution is 2.29. The number of anilines is 1. The molecule has 1 aromatic heterocycles. The second-order valence-corrected chi connectivity index (χ2v) is 5.31. The Bertz CT molecular complexity index is 783. The minimum Gasteiger partial charge on any atom is -0.322 e. The van der Waals surface area contributed by atoms with E-state index in [1.54, 1.807) is 6.07 Å². The van der Waals surface area contributed by atoms with Gasteiger partial charge in [-0.1, -0.05) is 29.3 Å². The van der Waals surface area contributed by atoms with Crippen LogP contribution in [0.2, 0.25) is 10.0 Å². The maximum atomic E-state index is 12.7. The second kappa shape index (κ2) is 6.64. The van der Waals surface area contributed by atoms with Crippen LogP contribution >= 0.6 is 23.2 Å². The van der Waals surface area contributed by atoms with Crippen molar-refractivity contribution in [3.8, 4) is 0 Å². The van der Waals surface area contributed by atoms with Gasteiger partial charge < -0.3 is 9.88 Å². The Hall–Kier alpha value is -1.99. The highest BCUT2D eigenvalue weighted by Gasteiger charge is 2.34. The highest BCUT2D eigenvalue weighted by atomic mass is 35.5. The molecular formula is C14H9Cl2F3N2O2. The molecule has 9 heteroatoms. The third-order valence-corrected chi connectivity index (χ3v) is 3.50. The van der Waals surface area contributed by atoms with Gasteiger partial charge in [0, 0.05) is 6.20 Å². The van der Waals surface area contributed by atoms with Crippen LogP contribution in [0.15, 0.2) is 41.3 Å². The molecule has 0 aliphatic heterocycles. The Kier molecular flexibility index (Phi) is 5.01. The Morgan fingerprint density at radius 1 is 1.13 bits per heavy atom. The van der Waals surface area contributed by atoms with E-state index in [9.17, 15) is 22.8 Å². The normalized spacial score (nSPS) is 11.3. The lowest BCUT2D eigenvalue weighted by atomic mass is 10.2. The van der Waals surface area contributed by atoms with Gasteiger partial charge in [-0.15, -0.1) is 0 Å². The van der Waals surface area contributed by atoms with E-state index in [1.807, 2.05) is 0 Å². The van der Waals surface area contributed by atoms with Gasteiger partial charge in [0.1, 0.15) is 12.1 Å². The topological polar surface area (TPSA) is 51.1 Å². The molecule has 2 rings (SSSR count). The van der Waals surface area contributed by atoms with Crippen molar-refractivity contribution in [3.63, 3.8) is 0 Å². The van der Waals surface area contributed by atoms with Crippen LogP contribution in [0.5, 0.6) is 0 Å². The van der Waals surface area contributed by atoms with E-state index in [0.717, 1.165) is 12.3 Å². The summed E-state index contributed by atoms with van der Waals surface area (Å²) < 4.78 is 38.7. The van der Waals surface area contributed by atoms with Crippen LogP contribution in [-0.4, -0.2) is 10.5 Å². The van der Waals surface area contributed by atoms with Crippen LogP contribution in [0.25, 0.3) is 0 Å². The molecule has 0 bridgehead atoms. The molecule has 1 aromatic carbocycles. The molecule has 0 spiro atoms. The Labute approximate surface area is 138 Å². The maximum Gasteiger partial charge on any atom is 0.421 e. The number of carbonyl (C=O) groups excluding carboxylic acids is 1. The number of alkyl halides is 3. The summed E-state index contributed by atoms with van der Waals surface area (Å²) in [6.45, 7) is -0.607. The number of amides is 1. The van der Waals surface area contributed by atoms with Crippen LogP contribution in [0.3, 0.4) is 0 Å². The van der Waals surface area contributed by atoms with E-state index < -0.39 is 29.8 Å². The van der Waals surface area contributed by atoms with E-state index in [-0.39, 0.29) is 15.7 Å². The van der Waals surface area contributed by atoms with Gasteiger partial charge in [0.05, 0.1) is 15.7 Å². The van der Waals surface area contributed by atoms with Gasteiger partial charge in [-0.05, 0) is 24.3 Å². The number of nitrogens with zero attached hydrogens (tertiary/aromatic N) is 1. The van der Waals surface area contributed by atoms with Crippen LogP contribution in [0.1, 0.15) is 5.56 Å². The predicted octanol–water partition coefficient (Wildman–Crippen LogP) is 3.81. The van der Waals surface area contributed by atoms with Crippen molar-refractivity contribution in [2.24, 2.45) is 0 Å². The number of hydrogen-bond donors (Lipinski definition) is 1. The van der Waals surface area contributed by atoms with Gasteiger partial charge in [0.2, 0.25) is 5.91 Å². The molecule has 0 fully saturated rings. The largest absolute Gasteiger partial charge is 0.421 e. The van der Waals surface area contributed by atoms with E-state index in [4.69, 9.17) is 23.2 Å². The molecule has 1 amide bonds. The third kappa shape index (κ3) is 4.05. The number of halogens is 5. The number of aromatic nitrogens is 1. The summed E-state index contributed by atoms with van der Waals surface area (Å²) in [7, 11) is 0. The molecule has 2 aromatic rings.